The van der Waals surface area contributed by atoms with Crippen molar-refractivity contribution in [3.05, 3.63) is 60.8 Å². The molecule has 0 aromatic heterocycles. The lowest BCUT2D eigenvalue weighted by Crippen LogP contribution is -2.30. The molecule has 6 nitrogen and oxygen atoms in total. The fourth-order valence-electron chi connectivity index (χ4n) is 8.18. The van der Waals surface area contributed by atoms with Gasteiger partial charge in [-0.3, -0.25) is 14.4 Å². The Hall–Kier alpha value is -2.89. The van der Waals surface area contributed by atoms with E-state index in [1.54, 1.807) is 0 Å². The Bertz CT molecular complexity index is 1210. The van der Waals surface area contributed by atoms with Gasteiger partial charge in [0.1, 0.15) is 13.2 Å². The predicted molar refractivity (Wildman–Crippen MR) is 288 cm³/mol. The average Bonchev–Trinajstić information content (AvgIpc) is 3.33. The highest BCUT2D eigenvalue weighted by Crippen LogP contribution is 2.16. The Morgan fingerprint density at radius 3 is 0.970 bits per heavy atom. The van der Waals surface area contributed by atoms with Crippen molar-refractivity contribution in [3.8, 4) is 0 Å². The summed E-state index contributed by atoms with van der Waals surface area (Å²) in [4.78, 5) is 38.0. The summed E-state index contributed by atoms with van der Waals surface area (Å²) in [5.41, 5.74) is 0. The molecular formula is C61H108O6. The Morgan fingerprint density at radius 1 is 0.313 bits per heavy atom. The monoisotopic (exact) mass is 937 g/mol. The molecule has 0 radical (unpaired) electrons. The molecule has 6 heteroatoms. The maximum absolute atomic E-state index is 12.8. The van der Waals surface area contributed by atoms with Gasteiger partial charge in [0.2, 0.25) is 0 Å². The highest BCUT2D eigenvalue weighted by atomic mass is 16.6. The van der Waals surface area contributed by atoms with E-state index in [-0.39, 0.29) is 31.1 Å². The van der Waals surface area contributed by atoms with E-state index in [9.17, 15) is 14.4 Å². The zero-order chi connectivity index (χ0) is 48.6. The Morgan fingerprint density at radius 2 is 0.597 bits per heavy atom. The summed E-state index contributed by atoms with van der Waals surface area (Å²) in [7, 11) is 0. The Balaban J connectivity index is 4.22. The van der Waals surface area contributed by atoms with Gasteiger partial charge in [-0.1, -0.05) is 255 Å². The van der Waals surface area contributed by atoms with Crippen molar-refractivity contribution in [1.82, 2.24) is 0 Å². The van der Waals surface area contributed by atoms with Crippen molar-refractivity contribution in [1.29, 1.82) is 0 Å². The number of rotatable bonds is 52. The molecule has 388 valence electrons. The first kappa shape index (κ1) is 64.1. The van der Waals surface area contributed by atoms with E-state index in [2.05, 4.69) is 81.5 Å². The van der Waals surface area contributed by atoms with Crippen LogP contribution in [-0.4, -0.2) is 37.2 Å². The molecule has 0 aliphatic carbocycles. The number of esters is 3. The lowest BCUT2D eigenvalue weighted by atomic mass is 10.0. The van der Waals surface area contributed by atoms with Gasteiger partial charge in [0.25, 0.3) is 0 Å². The SMILES string of the molecule is CC/C=C\C/C=C\C/C=C\C/C=C\CCCCCCCCCCCCCCC(=O)OCC(COC(=O)CCCCCCC/C=C\CCCC)OC(=O)CCCCCCCCCCCCCCC. The van der Waals surface area contributed by atoms with E-state index < -0.39 is 6.10 Å². The molecule has 0 spiro atoms. The van der Waals surface area contributed by atoms with E-state index in [0.717, 1.165) is 89.9 Å². The molecule has 0 N–H and O–H groups in total. The second-order valence-electron chi connectivity index (χ2n) is 19.2. The van der Waals surface area contributed by atoms with Crippen molar-refractivity contribution in [2.75, 3.05) is 13.2 Å². The third kappa shape index (κ3) is 53.9. The molecule has 0 aromatic rings. The summed E-state index contributed by atoms with van der Waals surface area (Å²) in [5.74, 6) is -0.875. The second-order valence-corrected chi connectivity index (χ2v) is 19.2. The van der Waals surface area contributed by atoms with Crippen molar-refractivity contribution < 1.29 is 28.6 Å². The normalized spacial score (nSPS) is 12.5. The third-order valence-electron chi connectivity index (χ3n) is 12.5. The topological polar surface area (TPSA) is 78.9 Å². The van der Waals surface area contributed by atoms with Gasteiger partial charge in [0, 0.05) is 19.3 Å². The second kappa shape index (κ2) is 55.7. The van der Waals surface area contributed by atoms with Gasteiger partial charge in [-0.25, -0.2) is 0 Å². The van der Waals surface area contributed by atoms with Crippen molar-refractivity contribution in [2.45, 2.75) is 297 Å². The van der Waals surface area contributed by atoms with Crippen LogP contribution in [0.4, 0.5) is 0 Å². The molecule has 0 fully saturated rings. The zero-order valence-electron chi connectivity index (χ0n) is 44.4. The molecule has 1 unspecified atom stereocenters. The number of hydrogen-bond acceptors (Lipinski definition) is 6. The average molecular weight is 938 g/mol. The molecule has 0 bridgehead atoms. The van der Waals surface area contributed by atoms with Gasteiger partial charge in [0.15, 0.2) is 6.10 Å². The summed E-state index contributed by atoms with van der Waals surface area (Å²) < 4.78 is 16.8. The van der Waals surface area contributed by atoms with Gasteiger partial charge in [-0.2, -0.15) is 0 Å². The van der Waals surface area contributed by atoms with E-state index in [1.165, 1.54) is 161 Å². The molecule has 0 heterocycles. The van der Waals surface area contributed by atoms with Crippen LogP contribution in [0.15, 0.2) is 60.8 Å². The van der Waals surface area contributed by atoms with Crippen LogP contribution in [0.2, 0.25) is 0 Å². The fourth-order valence-corrected chi connectivity index (χ4v) is 8.18. The molecule has 0 saturated carbocycles. The maximum atomic E-state index is 12.8. The van der Waals surface area contributed by atoms with E-state index in [4.69, 9.17) is 14.2 Å². The van der Waals surface area contributed by atoms with Gasteiger partial charge < -0.3 is 14.2 Å². The summed E-state index contributed by atoms with van der Waals surface area (Å²) >= 11 is 0. The largest absolute Gasteiger partial charge is 0.462 e. The predicted octanol–water partition coefficient (Wildman–Crippen LogP) is 19.2. The smallest absolute Gasteiger partial charge is 0.306 e. The van der Waals surface area contributed by atoms with Crippen LogP contribution < -0.4 is 0 Å². The number of unbranched alkanes of at least 4 members (excludes halogenated alkanes) is 31. The Kier molecular flexibility index (Phi) is 53.3. The van der Waals surface area contributed by atoms with Crippen LogP contribution in [0.1, 0.15) is 290 Å². The molecule has 1 atom stereocenters. The third-order valence-corrected chi connectivity index (χ3v) is 12.5. The molecule has 67 heavy (non-hydrogen) atoms. The number of hydrogen-bond donors (Lipinski definition) is 0. The standard InChI is InChI=1S/C61H108O6/c1-4-7-10-13-16-19-22-24-25-26-27-28-29-30-31-32-33-34-35-37-39-42-45-48-51-54-60(63)66-57-58(56-65-59(62)53-50-47-44-41-38-21-18-15-12-9-6-3)67-61(64)55-52-49-46-43-40-36-23-20-17-14-11-8-5-2/h7,10,15-16,18-19,24-25,27-28,58H,4-6,8-9,11-14,17,20-23,26,29-57H2,1-3H3/b10-7-,18-15-,19-16-,25-24-,28-27-. The highest BCUT2D eigenvalue weighted by molar-refractivity contribution is 5.71. The lowest BCUT2D eigenvalue weighted by Gasteiger charge is -2.18. The van der Waals surface area contributed by atoms with E-state index >= 15 is 0 Å². The first-order valence-corrected chi connectivity index (χ1v) is 28.8. The van der Waals surface area contributed by atoms with Gasteiger partial charge in [0.05, 0.1) is 0 Å². The minimum Gasteiger partial charge on any atom is -0.462 e. The summed E-state index contributed by atoms with van der Waals surface area (Å²) in [6.45, 7) is 6.50. The molecule has 0 rings (SSSR count). The van der Waals surface area contributed by atoms with Crippen LogP contribution in [0.5, 0.6) is 0 Å². The van der Waals surface area contributed by atoms with Gasteiger partial charge in [-0.05, 0) is 77.0 Å². The minimum absolute atomic E-state index is 0.0748. The Labute approximate surface area is 415 Å². The van der Waals surface area contributed by atoms with Crippen molar-refractivity contribution in [2.24, 2.45) is 0 Å². The number of ether oxygens (including phenoxy) is 3. The molecular weight excluding hydrogens is 829 g/mol. The summed E-state index contributed by atoms with van der Waals surface area (Å²) in [5, 5.41) is 0. The van der Waals surface area contributed by atoms with Crippen LogP contribution in [0, 0.1) is 0 Å². The summed E-state index contributed by atoms with van der Waals surface area (Å²) in [6, 6.07) is 0. The van der Waals surface area contributed by atoms with Crippen molar-refractivity contribution >= 4 is 17.9 Å². The first-order valence-electron chi connectivity index (χ1n) is 28.8. The van der Waals surface area contributed by atoms with Crippen LogP contribution in [0.25, 0.3) is 0 Å². The quantitative estimate of drug-likeness (QED) is 0.0262. The molecule has 0 amide bonds. The molecule has 0 aliphatic rings. The van der Waals surface area contributed by atoms with E-state index in [0.29, 0.717) is 19.3 Å². The van der Waals surface area contributed by atoms with Crippen molar-refractivity contribution in [3.63, 3.8) is 0 Å². The van der Waals surface area contributed by atoms with Crippen LogP contribution >= 0.6 is 0 Å². The zero-order valence-corrected chi connectivity index (χ0v) is 44.4. The lowest BCUT2D eigenvalue weighted by molar-refractivity contribution is -0.167. The van der Waals surface area contributed by atoms with Gasteiger partial charge in [-0.15, -0.1) is 0 Å². The summed E-state index contributed by atoms with van der Waals surface area (Å²) in [6.07, 6.45) is 69.3. The fraction of sp³-hybridized carbons (Fsp3) is 0.787. The highest BCUT2D eigenvalue weighted by Gasteiger charge is 2.19. The number of carbonyl (C=O) groups is 3. The number of carbonyl (C=O) groups excluding carboxylic acids is 3. The molecule has 0 aromatic carbocycles. The molecule has 0 saturated heterocycles. The first-order chi connectivity index (χ1) is 33.0. The van der Waals surface area contributed by atoms with Crippen LogP contribution in [0.3, 0.4) is 0 Å². The van der Waals surface area contributed by atoms with Crippen LogP contribution in [-0.2, 0) is 28.6 Å². The minimum atomic E-state index is -0.774. The maximum Gasteiger partial charge on any atom is 0.306 e. The van der Waals surface area contributed by atoms with Gasteiger partial charge >= 0.3 is 17.9 Å². The molecule has 0 aliphatic heterocycles. The van der Waals surface area contributed by atoms with E-state index in [1.807, 2.05) is 0 Å². The number of allylic oxidation sites excluding steroid dienone is 10.